The van der Waals surface area contributed by atoms with Crippen molar-refractivity contribution in [2.24, 2.45) is 5.73 Å². The van der Waals surface area contributed by atoms with E-state index in [0.717, 1.165) is 42.5 Å². The van der Waals surface area contributed by atoms with Gasteiger partial charge in [-0.1, -0.05) is 12.2 Å². The monoisotopic (exact) mass is 320 g/mol. The van der Waals surface area contributed by atoms with Crippen LogP contribution in [-0.2, 0) is 0 Å². The molecular weight excluding hydrogens is 308 g/mol. The van der Waals surface area contributed by atoms with Crippen LogP contribution in [-0.4, -0.2) is 47.6 Å². The Morgan fingerprint density at radius 2 is 2.19 bits per heavy atom. The second-order valence-electron chi connectivity index (χ2n) is 3.68. The number of thiazole rings is 1. The van der Waals surface area contributed by atoms with E-state index in [1.807, 2.05) is 5.38 Å². The summed E-state index contributed by atoms with van der Waals surface area (Å²) in [6, 6.07) is 0. The van der Waals surface area contributed by atoms with E-state index in [0.29, 0.717) is 4.99 Å². The highest BCUT2D eigenvalue weighted by Crippen LogP contribution is 2.24. The summed E-state index contributed by atoms with van der Waals surface area (Å²) in [5, 5.41) is 3.10. The van der Waals surface area contributed by atoms with Gasteiger partial charge in [-0.25, -0.2) is 4.98 Å². The van der Waals surface area contributed by atoms with Gasteiger partial charge in [0, 0.05) is 38.1 Å². The fourth-order valence-corrected chi connectivity index (χ4v) is 3.19. The lowest BCUT2D eigenvalue weighted by molar-refractivity contribution is 0.292. The second kappa shape index (κ2) is 5.39. The van der Waals surface area contributed by atoms with Crippen molar-refractivity contribution in [1.82, 2.24) is 9.88 Å². The van der Waals surface area contributed by atoms with E-state index in [9.17, 15) is 0 Å². The number of nitrogens with two attached hydrogens (primary N) is 1. The number of aromatic nitrogens is 1. The van der Waals surface area contributed by atoms with Gasteiger partial charge >= 0.3 is 0 Å². The van der Waals surface area contributed by atoms with Crippen LogP contribution >= 0.6 is 39.5 Å². The quantitative estimate of drug-likeness (QED) is 0.851. The lowest BCUT2D eigenvalue weighted by Crippen LogP contribution is -2.48. The fourth-order valence-electron chi connectivity index (χ4n) is 1.71. The first-order valence-corrected chi connectivity index (χ1v) is 7.10. The van der Waals surface area contributed by atoms with E-state index in [-0.39, 0.29) is 0 Å². The van der Waals surface area contributed by atoms with Crippen LogP contribution in [0.1, 0.15) is 0 Å². The zero-order valence-corrected chi connectivity index (χ0v) is 11.9. The number of hydrogen-bond acceptors (Lipinski definition) is 5. The molecule has 2 N–H and O–H groups in total. The van der Waals surface area contributed by atoms with Crippen molar-refractivity contribution in [3.05, 3.63) is 9.98 Å². The molecule has 16 heavy (non-hydrogen) atoms. The topological polar surface area (TPSA) is 45.4 Å². The SMILES string of the molecule is NC(=S)CN1CCN(c2nc(Br)cs2)CC1. The van der Waals surface area contributed by atoms with E-state index in [1.165, 1.54) is 0 Å². The summed E-state index contributed by atoms with van der Waals surface area (Å²) in [4.78, 5) is 9.56. The van der Waals surface area contributed by atoms with Crippen molar-refractivity contribution >= 4 is 49.6 Å². The van der Waals surface area contributed by atoms with Gasteiger partial charge in [-0.15, -0.1) is 11.3 Å². The maximum absolute atomic E-state index is 5.53. The maximum atomic E-state index is 5.53. The van der Waals surface area contributed by atoms with Crippen LogP contribution in [0.15, 0.2) is 9.98 Å². The maximum Gasteiger partial charge on any atom is 0.186 e. The van der Waals surface area contributed by atoms with Crippen molar-refractivity contribution in [2.75, 3.05) is 37.6 Å². The van der Waals surface area contributed by atoms with Crippen LogP contribution in [0.2, 0.25) is 0 Å². The molecule has 0 radical (unpaired) electrons. The molecule has 1 aromatic rings. The number of rotatable bonds is 3. The van der Waals surface area contributed by atoms with Gasteiger partial charge in [-0.3, -0.25) is 4.90 Å². The third kappa shape index (κ3) is 3.13. The third-order valence-corrected chi connectivity index (χ3v) is 4.23. The lowest BCUT2D eigenvalue weighted by atomic mass is 10.3. The molecule has 1 saturated heterocycles. The number of hydrogen-bond donors (Lipinski definition) is 1. The molecule has 0 bridgehead atoms. The molecule has 7 heteroatoms. The minimum absolute atomic E-state index is 0.574. The molecule has 1 aromatic heterocycles. The van der Waals surface area contributed by atoms with Crippen LogP contribution in [0.4, 0.5) is 5.13 Å². The molecular formula is C9H13BrN4S2. The summed E-state index contributed by atoms with van der Waals surface area (Å²) in [5.41, 5.74) is 5.53. The molecule has 2 rings (SSSR count). The Balaban J connectivity index is 1.87. The molecule has 0 atom stereocenters. The molecule has 0 unspecified atom stereocenters. The number of thiocarbonyl (C=S) groups is 1. The first kappa shape index (κ1) is 12.2. The number of nitrogens with zero attached hydrogens (tertiary/aromatic N) is 3. The molecule has 88 valence electrons. The van der Waals surface area contributed by atoms with E-state index in [4.69, 9.17) is 18.0 Å². The molecule has 1 aliphatic heterocycles. The highest BCUT2D eigenvalue weighted by atomic mass is 79.9. The Kier molecular flexibility index (Phi) is 4.12. The number of piperazine rings is 1. The van der Waals surface area contributed by atoms with Crippen molar-refractivity contribution < 1.29 is 0 Å². The largest absolute Gasteiger partial charge is 0.392 e. The average molecular weight is 321 g/mol. The molecule has 1 fully saturated rings. The highest BCUT2D eigenvalue weighted by Gasteiger charge is 2.19. The highest BCUT2D eigenvalue weighted by molar-refractivity contribution is 9.10. The summed E-state index contributed by atoms with van der Waals surface area (Å²) >= 11 is 9.95. The average Bonchev–Trinajstić information content (AvgIpc) is 2.65. The molecule has 0 aliphatic carbocycles. The van der Waals surface area contributed by atoms with Crippen LogP contribution in [0, 0.1) is 0 Å². The lowest BCUT2D eigenvalue weighted by Gasteiger charge is -2.34. The summed E-state index contributed by atoms with van der Waals surface area (Å²) in [6.45, 7) is 4.69. The second-order valence-corrected chi connectivity index (χ2v) is 5.86. The van der Waals surface area contributed by atoms with Crippen molar-refractivity contribution in [3.8, 4) is 0 Å². The Morgan fingerprint density at radius 3 is 2.69 bits per heavy atom. The zero-order valence-electron chi connectivity index (χ0n) is 8.73. The molecule has 0 spiro atoms. The van der Waals surface area contributed by atoms with E-state index in [1.54, 1.807) is 11.3 Å². The van der Waals surface area contributed by atoms with Gasteiger partial charge in [0.2, 0.25) is 0 Å². The standard InChI is InChI=1S/C9H13BrN4S2/c10-7-6-16-9(12-7)14-3-1-13(2-4-14)5-8(11)15/h6H,1-5H2,(H2,11,15). The smallest absolute Gasteiger partial charge is 0.186 e. The van der Waals surface area contributed by atoms with E-state index >= 15 is 0 Å². The fraction of sp³-hybridized carbons (Fsp3) is 0.556. The number of anilines is 1. The van der Waals surface area contributed by atoms with Crippen LogP contribution in [0.5, 0.6) is 0 Å². The van der Waals surface area contributed by atoms with Gasteiger partial charge < -0.3 is 10.6 Å². The Morgan fingerprint density at radius 1 is 1.50 bits per heavy atom. The Labute approximate surface area is 113 Å². The predicted octanol–water partition coefficient (Wildman–Crippen LogP) is 1.31. The predicted molar refractivity (Wildman–Crippen MR) is 75.3 cm³/mol. The minimum Gasteiger partial charge on any atom is -0.392 e. The first-order valence-electron chi connectivity index (χ1n) is 5.02. The van der Waals surface area contributed by atoms with Gasteiger partial charge in [0.1, 0.15) is 4.60 Å². The van der Waals surface area contributed by atoms with Crippen LogP contribution < -0.4 is 10.6 Å². The first-order chi connectivity index (χ1) is 7.65. The summed E-state index contributed by atoms with van der Waals surface area (Å²) in [7, 11) is 0. The summed E-state index contributed by atoms with van der Waals surface area (Å²) in [5.74, 6) is 0. The Hall–Kier alpha value is -0.240. The normalized spacial score (nSPS) is 17.7. The Bertz CT molecular complexity index is 373. The zero-order chi connectivity index (χ0) is 11.5. The van der Waals surface area contributed by atoms with E-state index in [2.05, 4.69) is 30.7 Å². The van der Waals surface area contributed by atoms with E-state index < -0.39 is 0 Å². The van der Waals surface area contributed by atoms with Gasteiger partial charge in [-0.2, -0.15) is 0 Å². The molecule has 0 saturated carbocycles. The summed E-state index contributed by atoms with van der Waals surface area (Å²) < 4.78 is 0.915. The number of halogens is 1. The minimum atomic E-state index is 0.574. The van der Waals surface area contributed by atoms with Gasteiger partial charge in [0.25, 0.3) is 0 Å². The van der Waals surface area contributed by atoms with Crippen molar-refractivity contribution in [1.29, 1.82) is 0 Å². The van der Waals surface area contributed by atoms with Gasteiger partial charge in [-0.05, 0) is 15.9 Å². The van der Waals surface area contributed by atoms with Gasteiger partial charge in [0.15, 0.2) is 5.13 Å². The molecule has 0 amide bonds. The van der Waals surface area contributed by atoms with Gasteiger partial charge in [0.05, 0.1) is 4.99 Å². The summed E-state index contributed by atoms with van der Waals surface area (Å²) in [6.07, 6.45) is 0. The van der Waals surface area contributed by atoms with Crippen LogP contribution in [0.25, 0.3) is 0 Å². The van der Waals surface area contributed by atoms with Crippen molar-refractivity contribution in [3.63, 3.8) is 0 Å². The molecule has 2 heterocycles. The van der Waals surface area contributed by atoms with Crippen LogP contribution in [0.3, 0.4) is 0 Å². The molecule has 4 nitrogen and oxygen atoms in total. The van der Waals surface area contributed by atoms with Crippen molar-refractivity contribution in [2.45, 2.75) is 0 Å². The third-order valence-electron chi connectivity index (χ3n) is 2.49. The molecule has 0 aromatic carbocycles. The molecule has 1 aliphatic rings.